The standard InChI is InChI=1S/C13H9.C9H7.2C7H7.2CH3.Si.Ti/c1-3-7-12-10(5-1)9-11-6-2-4-8-13(11)12;1-2-5-9-7-3-6-8(9)4-1;2*1-7-5-3-2-4-6-7;;;;/h1-5,7-8H,9H2;1-7H;2*2-6H,1H2;2*1H3;;/q6*-1;;. The van der Waals surface area contributed by atoms with Crippen LogP contribution in [-0.2, 0) is 25.6 Å². The topological polar surface area (TPSA) is 0 Å². The summed E-state index contributed by atoms with van der Waals surface area (Å²) >= 11 is 1.81. The monoisotopic (exact) mass is 568 g/mol. The first kappa shape index (κ1) is 34.4. The molecule has 7 rings (SSSR count). The average molecular weight is 569 g/mol. The van der Waals surface area contributed by atoms with Crippen LogP contribution in [0, 0.1) is 34.8 Å². The molecule has 0 heterocycles. The van der Waals surface area contributed by atoms with E-state index < -0.39 is 0 Å². The van der Waals surface area contributed by atoms with E-state index in [1.54, 1.807) is 19.2 Å². The van der Waals surface area contributed by atoms with Crippen molar-refractivity contribution in [2.24, 2.45) is 0 Å². The maximum absolute atomic E-state index is 3.72. The molecule has 40 heavy (non-hydrogen) atoms. The molecule has 0 atom stereocenters. The van der Waals surface area contributed by atoms with Gasteiger partial charge in [-0.2, -0.15) is 96.6 Å². The van der Waals surface area contributed by atoms with Gasteiger partial charge in [-0.25, -0.2) is 0 Å². The van der Waals surface area contributed by atoms with Crippen molar-refractivity contribution in [2.75, 3.05) is 0 Å². The molecule has 0 amide bonds. The van der Waals surface area contributed by atoms with Crippen LogP contribution in [0.4, 0.5) is 0 Å². The molecule has 1 aliphatic rings. The summed E-state index contributed by atoms with van der Waals surface area (Å²) in [7, 11) is 2.97. The summed E-state index contributed by atoms with van der Waals surface area (Å²) in [5.74, 6) is 0. The minimum Gasteiger partial charge on any atom is -0.179 e. The fourth-order valence-electron chi connectivity index (χ4n) is 4.02. The van der Waals surface area contributed by atoms with Gasteiger partial charge in [-0.3, -0.25) is 0 Å². The third-order valence-corrected chi connectivity index (χ3v) is 5.85. The quantitative estimate of drug-likeness (QED) is 0.126. The van der Waals surface area contributed by atoms with E-state index >= 15 is 0 Å². The molecule has 1 aliphatic carbocycles. The Morgan fingerprint density at radius 3 is 1.70 bits per heavy atom. The third-order valence-electron chi connectivity index (χ3n) is 5.85. The van der Waals surface area contributed by atoms with Gasteiger partial charge in [-0.15, -0.1) is 59.5 Å². The van der Waals surface area contributed by atoms with E-state index in [1.165, 1.54) is 33.0 Å². The van der Waals surface area contributed by atoms with E-state index in [0.29, 0.717) is 0 Å². The van der Waals surface area contributed by atoms with Crippen molar-refractivity contribution in [3.63, 3.8) is 0 Å². The minimum atomic E-state index is 0. The second-order valence-corrected chi connectivity index (χ2v) is 8.52. The average Bonchev–Trinajstić information content (AvgIpc) is 3.61. The SMILES string of the molecule is [CH2-]c1ccccc1.[CH2-]c1ccccc1.[CH3-].[CH3-].[Si]=[Ti].[c-]1cccc2c1Cc1ccccc1-2.c1ccc2[cH-]ccc2c1. The zero-order valence-electron chi connectivity index (χ0n) is 23.5. The molecule has 0 spiro atoms. The van der Waals surface area contributed by atoms with Gasteiger partial charge < -0.3 is 14.9 Å². The van der Waals surface area contributed by atoms with Crippen LogP contribution in [0.5, 0.6) is 0 Å². The van der Waals surface area contributed by atoms with Gasteiger partial charge in [0, 0.05) is 0 Å². The molecule has 2 radical (unpaired) electrons. The summed E-state index contributed by atoms with van der Waals surface area (Å²) in [6.45, 7) is 7.44. The second kappa shape index (κ2) is 19.4. The van der Waals surface area contributed by atoms with Crippen molar-refractivity contribution >= 4 is 18.4 Å². The van der Waals surface area contributed by atoms with Crippen molar-refractivity contribution in [3.8, 4) is 11.1 Å². The fraction of sp³-hybridized carbons (Fsp3) is 0.0263. The molecule has 0 aliphatic heterocycles. The van der Waals surface area contributed by atoms with Gasteiger partial charge >= 0.3 is 26.8 Å². The largest absolute Gasteiger partial charge is 0.179 e. The van der Waals surface area contributed by atoms with Gasteiger partial charge in [0.1, 0.15) is 0 Å². The molecular weight excluding hydrogens is 532 g/mol. The molecular formula is C38H36SiTi-6. The number of fused-ring (bicyclic) bond motifs is 4. The second-order valence-electron chi connectivity index (χ2n) is 8.52. The summed E-state index contributed by atoms with van der Waals surface area (Å²) < 4.78 is 0. The van der Waals surface area contributed by atoms with E-state index in [1.807, 2.05) is 66.7 Å². The van der Waals surface area contributed by atoms with Gasteiger partial charge in [0.2, 0.25) is 0 Å². The Labute approximate surface area is 256 Å². The van der Waals surface area contributed by atoms with E-state index in [4.69, 9.17) is 0 Å². The Kier molecular flexibility index (Phi) is 16.7. The molecule has 0 fully saturated rings. The van der Waals surface area contributed by atoms with E-state index in [9.17, 15) is 0 Å². The third kappa shape index (κ3) is 10.9. The van der Waals surface area contributed by atoms with E-state index in [0.717, 1.165) is 17.5 Å². The van der Waals surface area contributed by atoms with Crippen LogP contribution in [-0.4, -0.2) is 7.63 Å². The van der Waals surface area contributed by atoms with Gasteiger partial charge in [0.15, 0.2) is 0 Å². The van der Waals surface area contributed by atoms with Gasteiger partial charge in [0.05, 0.1) is 0 Å². The summed E-state index contributed by atoms with van der Waals surface area (Å²) in [6, 6.07) is 52.5. The summed E-state index contributed by atoms with van der Waals surface area (Å²) in [5, 5.41) is 2.66. The molecule has 0 unspecified atom stereocenters. The minimum absolute atomic E-state index is 0. The number of hydrogen-bond donors (Lipinski definition) is 0. The Morgan fingerprint density at radius 2 is 1.12 bits per heavy atom. The molecule has 0 saturated carbocycles. The molecule has 6 aromatic carbocycles. The van der Waals surface area contributed by atoms with Gasteiger partial charge in [-0.1, -0.05) is 53.6 Å². The first-order chi connectivity index (χ1) is 18.7. The molecule has 0 bridgehead atoms. The predicted molar refractivity (Wildman–Crippen MR) is 173 cm³/mol. The summed E-state index contributed by atoms with van der Waals surface area (Å²) in [4.78, 5) is 0. The van der Waals surface area contributed by atoms with Gasteiger partial charge in [-0.05, 0) is 6.42 Å². The van der Waals surface area contributed by atoms with Crippen LogP contribution in [0.2, 0.25) is 0 Å². The number of rotatable bonds is 0. The molecule has 0 aromatic heterocycles. The fourth-order valence-corrected chi connectivity index (χ4v) is 4.02. The van der Waals surface area contributed by atoms with Crippen LogP contribution in [0.3, 0.4) is 0 Å². The first-order valence-corrected chi connectivity index (χ1v) is 15.2. The van der Waals surface area contributed by atoms with Gasteiger partial charge in [0.25, 0.3) is 0 Å². The number of benzene rings is 5. The molecule has 202 valence electrons. The predicted octanol–water partition coefficient (Wildman–Crippen LogP) is 9.87. The van der Waals surface area contributed by atoms with Crippen molar-refractivity contribution in [1.82, 2.24) is 0 Å². The van der Waals surface area contributed by atoms with E-state index in [2.05, 4.69) is 106 Å². The molecule has 0 saturated heterocycles. The van der Waals surface area contributed by atoms with Crippen LogP contribution >= 0.6 is 0 Å². The molecule has 6 aromatic rings. The Bertz CT molecular complexity index is 1380. The van der Waals surface area contributed by atoms with Crippen molar-refractivity contribution in [1.29, 1.82) is 0 Å². The normalized spacial score (nSPS) is 9.38. The summed E-state index contributed by atoms with van der Waals surface area (Å²) in [5.41, 5.74) is 7.65. The Morgan fingerprint density at radius 1 is 0.600 bits per heavy atom. The smallest absolute Gasteiger partial charge is 0.0253 e. The van der Waals surface area contributed by atoms with E-state index in [-0.39, 0.29) is 14.9 Å². The first-order valence-electron chi connectivity index (χ1n) is 12.4. The Balaban J connectivity index is 0.000000266. The van der Waals surface area contributed by atoms with Crippen molar-refractivity contribution in [2.45, 2.75) is 6.42 Å². The zero-order valence-corrected chi connectivity index (χ0v) is 26.0. The van der Waals surface area contributed by atoms with Crippen molar-refractivity contribution < 1.29 is 19.2 Å². The number of hydrogen-bond acceptors (Lipinski definition) is 0. The van der Waals surface area contributed by atoms with Crippen LogP contribution in [0.25, 0.3) is 21.9 Å². The van der Waals surface area contributed by atoms with Crippen LogP contribution in [0.1, 0.15) is 22.3 Å². The zero-order chi connectivity index (χ0) is 27.0. The Hall–Kier alpha value is -3.62. The van der Waals surface area contributed by atoms with Crippen LogP contribution in [0.15, 0.2) is 146 Å². The molecule has 0 nitrogen and oxygen atoms in total. The summed E-state index contributed by atoms with van der Waals surface area (Å²) in [6.07, 6.45) is 1.05. The maximum atomic E-state index is 3.72. The maximum Gasteiger partial charge on any atom is -0.0253 e. The molecule has 0 N–H and O–H groups in total. The van der Waals surface area contributed by atoms with Crippen molar-refractivity contribution in [3.05, 3.63) is 203 Å². The van der Waals surface area contributed by atoms with Crippen LogP contribution < -0.4 is 0 Å². The molecule has 2 heteroatoms.